The summed E-state index contributed by atoms with van der Waals surface area (Å²) < 4.78 is 0. The molecule has 0 heterocycles. The summed E-state index contributed by atoms with van der Waals surface area (Å²) in [5.74, 6) is 0.874. The summed E-state index contributed by atoms with van der Waals surface area (Å²) in [5.41, 5.74) is 0. The number of hydrogen-bond acceptors (Lipinski definition) is 1. The van der Waals surface area contributed by atoms with E-state index in [4.69, 9.17) is 0 Å². The Kier molecular flexibility index (Phi) is 5.76. The lowest BCUT2D eigenvalue weighted by atomic mass is 9.95. The molecular weight excluding hydrogens is 162 g/mol. The van der Waals surface area contributed by atoms with Gasteiger partial charge in [-0.25, -0.2) is 0 Å². The average molecular weight is 185 g/mol. The molecule has 0 fully saturated rings. The van der Waals surface area contributed by atoms with Crippen molar-refractivity contribution in [2.75, 3.05) is 0 Å². The monoisotopic (exact) mass is 185 g/mol. The lowest BCUT2D eigenvalue weighted by Gasteiger charge is -2.23. The van der Waals surface area contributed by atoms with Gasteiger partial charge in [0.25, 0.3) is 0 Å². The van der Waals surface area contributed by atoms with Crippen molar-refractivity contribution in [3.05, 3.63) is 0 Å². The predicted octanol–water partition coefficient (Wildman–Crippen LogP) is 2.58. The van der Waals surface area contributed by atoms with Gasteiger partial charge in [0.2, 0.25) is 5.91 Å². The first-order chi connectivity index (χ1) is 6.02. The number of amides is 1. The molecule has 0 saturated heterocycles. The number of nitrogens with one attached hydrogen (secondary N) is 1. The first kappa shape index (κ1) is 12.5. The molecule has 0 aliphatic heterocycles. The Hall–Kier alpha value is -0.530. The largest absolute Gasteiger partial charge is 0.353 e. The van der Waals surface area contributed by atoms with E-state index >= 15 is 0 Å². The highest BCUT2D eigenvalue weighted by molar-refractivity contribution is 5.78. The van der Waals surface area contributed by atoms with Crippen LogP contribution in [0, 0.1) is 11.8 Å². The molecule has 1 N–H and O–H groups in total. The Bertz CT molecular complexity index is 150. The zero-order valence-corrected chi connectivity index (χ0v) is 9.55. The highest BCUT2D eigenvalue weighted by Crippen LogP contribution is 2.12. The van der Waals surface area contributed by atoms with Crippen LogP contribution in [0.2, 0.25) is 0 Å². The van der Waals surface area contributed by atoms with Crippen LogP contribution >= 0.6 is 0 Å². The smallest absolute Gasteiger partial charge is 0.222 e. The molecule has 1 atom stereocenters. The number of carbonyl (C=O) groups excluding carboxylic acids is 1. The lowest BCUT2D eigenvalue weighted by molar-refractivity contribution is -0.124. The Morgan fingerprint density at radius 1 is 1.15 bits per heavy atom. The van der Waals surface area contributed by atoms with Crippen molar-refractivity contribution in [1.82, 2.24) is 5.32 Å². The molecule has 0 aromatic carbocycles. The SMILES string of the molecule is CCC(CC)C(C)NC(=O)C(C)C. The van der Waals surface area contributed by atoms with Gasteiger partial charge in [-0.3, -0.25) is 4.79 Å². The third kappa shape index (κ3) is 4.30. The van der Waals surface area contributed by atoms with Gasteiger partial charge in [0, 0.05) is 12.0 Å². The van der Waals surface area contributed by atoms with E-state index in [2.05, 4.69) is 26.1 Å². The van der Waals surface area contributed by atoms with Crippen LogP contribution in [0.25, 0.3) is 0 Å². The van der Waals surface area contributed by atoms with Crippen molar-refractivity contribution in [2.45, 2.75) is 53.5 Å². The summed E-state index contributed by atoms with van der Waals surface area (Å²) in [6.07, 6.45) is 2.27. The van der Waals surface area contributed by atoms with Crippen molar-refractivity contribution < 1.29 is 4.79 Å². The number of hydrogen-bond donors (Lipinski definition) is 1. The Morgan fingerprint density at radius 3 is 1.92 bits per heavy atom. The first-order valence-electron chi connectivity index (χ1n) is 5.33. The van der Waals surface area contributed by atoms with Gasteiger partial charge in [0.1, 0.15) is 0 Å². The molecule has 0 bridgehead atoms. The molecule has 0 saturated carbocycles. The van der Waals surface area contributed by atoms with Gasteiger partial charge in [-0.2, -0.15) is 0 Å². The summed E-state index contributed by atoms with van der Waals surface area (Å²) in [6, 6.07) is 0.310. The molecule has 1 unspecified atom stereocenters. The molecule has 0 spiro atoms. The van der Waals surface area contributed by atoms with Crippen LogP contribution < -0.4 is 5.32 Å². The summed E-state index contributed by atoms with van der Waals surface area (Å²) in [6.45, 7) is 10.3. The maximum Gasteiger partial charge on any atom is 0.222 e. The molecule has 0 aromatic heterocycles. The normalized spacial score (nSPS) is 13.5. The van der Waals surface area contributed by atoms with Gasteiger partial charge in [-0.1, -0.05) is 40.5 Å². The molecule has 1 amide bonds. The molecule has 0 radical (unpaired) electrons. The predicted molar refractivity (Wildman–Crippen MR) is 56.5 cm³/mol. The first-order valence-corrected chi connectivity index (χ1v) is 5.33. The summed E-state index contributed by atoms with van der Waals surface area (Å²) >= 11 is 0. The average Bonchev–Trinajstić information content (AvgIpc) is 2.06. The van der Waals surface area contributed by atoms with Gasteiger partial charge < -0.3 is 5.32 Å². The fraction of sp³-hybridized carbons (Fsp3) is 0.909. The molecule has 78 valence electrons. The van der Waals surface area contributed by atoms with E-state index in [0.717, 1.165) is 12.8 Å². The quantitative estimate of drug-likeness (QED) is 0.701. The zero-order valence-electron chi connectivity index (χ0n) is 9.55. The highest BCUT2D eigenvalue weighted by Gasteiger charge is 2.16. The van der Waals surface area contributed by atoms with E-state index < -0.39 is 0 Å². The van der Waals surface area contributed by atoms with Crippen molar-refractivity contribution in [2.24, 2.45) is 11.8 Å². The van der Waals surface area contributed by atoms with Crippen molar-refractivity contribution in [3.8, 4) is 0 Å². The Balaban J connectivity index is 3.97. The van der Waals surface area contributed by atoms with Crippen molar-refractivity contribution in [1.29, 1.82) is 0 Å². The highest BCUT2D eigenvalue weighted by atomic mass is 16.1. The van der Waals surface area contributed by atoms with Crippen LogP contribution in [0.4, 0.5) is 0 Å². The van der Waals surface area contributed by atoms with Crippen LogP contribution in [-0.4, -0.2) is 11.9 Å². The van der Waals surface area contributed by atoms with E-state index in [1.165, 1.54) is 0 Å². The number of carbonyl (C=O) groups is 1. The maximum atomic E-state index is 11.4. The minimum absolute atomic E-state index is 0.0943. The van der Waals surface area contributed by atoms with Crippen LogP contribution in [0.5, 0.6) is 0 Å². The Labute approximate surface area is 82.1 Å². The molecule has 2 nitrogen and oxygen atoms in total. The standard InChI is InChI=1S/C11H23NO/c1-6-10(7-2)9(5)12-11(13)8(3)4/h8-10H,6-7H2,1-5H3,(H,12,13). The van der Waals surface area contributed by atoms with Crippen LogP contribution in [0.3, 0.4) is 0 Å². The van der Waals surface area contributed by atoms with E-state index in [0.29, 0.717) is 12.0 Å². The van der Waals surface area contributed by atoms with E-state index in [1.54, 1.807) is 0 Å². The summed E-state index contributed by atoms with van der Waals surface area (Å²) in [7, 11) is 0. The third-order valence-corrected chi connectivity index (χ3v) is 2.65. The molecule has 2 heteroatoms. The van der Waals surface area contributed by atoms with Crippen molar-refractivity contribution in [3.63, 3.8) is 0 Å². The summed E-state index contributed by atoms with van der Waals surface area (Å²) in [4.78, 5) is 11.4. The van der Waals surface area contributed by atoms with E-state index in [-0.39, 0.29) is 11.8 Å². The number of rotatable bonds is 5. The van der Waals surface area contributed by atoms with E-state index in [1.807, 2.05) is 13.8 Å². The lowest BCUT2D eigenvalue weighted by Crippen LogP contribution is -2.39. The fourth-order valence-electron chi connectivity index (χ4n) is 1.50. The van der Waals surface area contributed by atoms with E-state index in [9.17, 15) is 4.79 Å². The molecule has 0 rings (SSSR count). The van der Waals surface area contributed by atoms with Gasteiger partial charge >= 0.3 is 0 Å². The fourth-order valence-corrected chi connectivity index (χ4v) is 1.50. The molecule has 0 aliphatic carbocycles. The zero-order chi connectivity index (χ0) is 10.4. The third-order valence-electron chi connectivity index (χ3n) is 2.65. The van der Waals surface area contributed by atoms with Gasteiger partial charge in [-0.05, 0) is 12.8 Å². The maximum absolute atomic E-state index is 11.4. The van der Waals surface area contributed by atoms with Crippen LogP contribution in [-0.2, 0) is 4.79 Å². The minimum Gasteiger partial charge on any atom is -0.353 e. The second-order valence-electron chi connectivity index (χ2n) is 4.03. The molecule has 0 aliphatic rings. The minimum atomic E-state index is 0.0943. The van der Waals surface area contributed by atoms with Gasteiger partial charge in [0.15, 0.2) is 0 Å². The van der Waals surface area contributed by atoms with Gasteiger partial charge in [-0.15, -0.1) is 0 Å². The molecule has 0 aromatic rings. The van der Waals surface area contributed by atoms with Crippen molar-refractivity contribution >= 4 is 5.91 Å². The van der Waals surface area contributed by atoms with Crippen LogP contribution in [0.15, 0.2) is 0 Å². The second kappa shape index (κ2) is 6.01. The second-order valence-corrected chi connectivity index (χ2v) is 4.03. The molecule has 13 heavy (non-hydrogen) atoms. The van der Waals surface area contributed by atoms with Crippen LogP contribution in [0.1, 0.15) is 47.5 Å². The topological polar surface area (TPSA) is 29.1 Å². The summed E-state index contributed by atoms with van der Waals surface area (Å²) in [5, 5.41) is 3.04. The van der Waals surface area contributed by atoms with Gasteiger partial charge in [0.05, 0.1) is 0 Å². The Morgan fingerprint density at radius 2 is 1.62 bits per heavy atom. The molecular formula is C11H23NO.